The maximum Gasteiger partial charge on any atom is 0.292 e. The second kappa shape index (κ2) is 9.67. The van der Waals surface area contributed by atoms with Gasteiger partial charge in [-0.1, -0.05) is 28.1 Å². The van der Waals surface area contributed by atoms with Gasteiger partial charge in [0.25, 0.3) is 5.69 Å². The van der Waals surface area contributed by atoms with Gasteiger partial charge in [0.15, 0.2) is 0 Å². The lowest BCUT2D eigenvalue weighted by Gasteiger charge is -2.10. The molecule has 0 aliphatic carbocycles. The molecule has 0 saturated carbocycles. The summed E-state index contributed by atoms with van der Waals surface area (Å²) in [6.07, 6.45) is 0.0800. The Morgan fingerprint density at radius 3 is 2.56 bits per heavy atom. The molecule has 0 unspecified atom stereocenters. The highest BCUT2D eigenvalue weighted by Gasteiger charge is 2.12. The van der Waals surface area contributed by atoms with Gasteiger partial charge >= 0.3 is 0 Å². The fourth-order valence-corrected chi connectivity index (χ4v) is 2.80. The van der Waals surface area contributed by atoms with Crippen molar-refractivity contribution in [3.05, 3.63) is 62.6 Å². The highest BCUT2D eigenvalue weighted by atomic mass is 79.9. The third-order valence-corrected chi connectivity index (χ3v) is 4.17. The zero-order chi connectivity index (χ0) is 19.8. The summed E-state index contributed by atoms with van der Waals surface area (Å²) < 4.78 is 0.914. The van der Waals surface area contributed by atoms with Crippen LogP contribution in [0.1, 0.15) is 12.0 Å². The monoisotopic (exact) mass is 434 g/mol. The predicted octanol–water partition coefficient (Wildman–Crippen LogP) is 3.22. The number of nitro benzene ring substituents is 1. The van der Waals surface area contributed by atoms with Crippen molar-refractivity contribution in [1.82, 2.24) is 5.32 Å². The van der Waals surface area contributed by atoms with E-state index in [1.165, 1.54) is 6.07 Å². The van der Waals surface area contributed by atoms with Gasteiger partial charge < -0.3 is 16.0 Å². The van der Waals surface area contributed by atoms with E-state index in [4.69, 9.17) is 0 Å². The summed E-state index contributed by atoms with van der Waals surface area (Å²) in [4.78, 5) is 34.2. The first kappa shape index (κ1) is 20.4. The lowest BCUT2D eigenvalue weighted by atomic mass is 10.2. The molecule has 0 radical (unpaired) electrons. The van der Waals surface area contributed by atoms with Crippen molar-refractivity contribution in [3.63, 3.8) is 0 Å². The molecule has 0 fully saturated rings. The maximum absolute atomic E-state index is 11.9. The Balaban J connectivity index is 1.75. The van der Waals surface area contributed by atoms with E-state index in [1.807, 2.05) is 19.1 Å². The van der Waals surface area contributed by atoms with Gasteiger partial charge in [0.2, 0.25) is 11.8 Å². The van der Waals surface area contributed by atoms with Gasteiger partial charge in [-0.05, 0) is 36.8 Å². The number of halogens is 1. The number of benzene rings is 2. The third kappa shape index (κ3) is 6.37. The summed E-state index contributed by atoms with van der Waals surface area (Å²) in [5.41, 5.74) is 1.87. The van der Waals surface area contributed by atoms with Crippen LogP contribution in [0.2, 0.25) is 0 Å². The smallest absolute Gasteiger partial charge is 0.292 e. The number of nitrogens with zero attached hydrogens (tertiary/aromatic N) is 1. The van der Waals surface area contributed by atoms with E-state index in [9.17, 15) is 19.7 Å². The van der Waals surface area contributed by atoms with E-state index >= 15 is 0 Å². The summed E-state index contributed by atoms with van der Waals surface area (Å²) in [5.74, 6) is -0.663. The van der Waals surface area contributed by atoms with Crippen molar-refractivity contribution >= 4 is 44.8 Å². The summed E-state index contributed by atoms with van der Waals surface area (Å²) in [5, 5.41) is 19.0. The van der Waals surface area contributed by atoms with Crippen LogP contribution in [0.15, 0.2) is 46.9 Å². The van der Waals surface area contributed by atoms with E-state index in [-0.39, 0.29) is 37.0 Å². The number of carbonyl (C=O) groups excluding carboxylic acids is 2. The van der Waals surface area contributed by atoms with Crippen molar-refractivity contribution in [1.29, 1.82) is 0 Å². The summed E-state index contributed by atoms with van der Waals surface area (Å²) >= 11 is 3.35. The SMILES string of the molecule is Cc1cc(Br)ccc1NC(=O)CNC(=O)CCNc1ccccc1[N+](=O)[O-]. The minimum absolute atomic E-state index is 0.0536. The molecule has 0 aliphatic rings. The van der Waals surface area contributed by atoms with Crippen LogP contribution in [0.25, 0.3) is 0 Å². The molecule has 0 saturated heterocycles. The Kier molecular flexibility index (Phi) is 7.30. The molecule has 0 atom stereocenters. The van der Waals surface area contributed by atoms with Gasteiger partial charge in [0.05, 0.1) is 11.5 Å². The first-order valence-electron chi connectivity index (χ1n) is 8.17. The van der Waals surface area contributed by atoms with Gasteiger partial charge in [0, 0.05) is 29.2 Å². The number of aryl methyl sites for hydroxylation is 1. The second-order valence-corrected chi connectivity index (χ2v) is 6.65. The van der Waals surface area contributed by atoms with E-state index in [0.29, 0.717) is 11.4 Å². The Bertz CT molecular complexity index is 857. The Morgan fingerprint density at radius 1 is 1.11 bits per heavy atom. The van der Waals surface area contributed by atoms with Crippen LogP contribution in [0.5, 0.6) is 0 Å². The predicted molar refractivity (Wildman–Crippen MR) is 107 cm³/mol. The fraction of sp³-hybridized carbons (Fsp3) is 0.222. The van der Waals surface area contributed by atoms with Crippen molar-refractivity contribution in [2.75, 3.05) is 23.7 Å². The van der Waals surface area contributed by atoms with Crippen molar-refractivity contribution in [2.45, 2.75) is 13.3 Å². The molecule has 2 aromatic rings. The average Bonchev–Trinajstić information content (AvgIpc) is 2.62. The van der Waals surface area contributed by atoms with Gasteiger partial charge in [-0.2, -0.15) is 0 Å². The number of anilines is 2. The number of nitro groups is 1. The quantitative estimate of drug-likeness (QED) is 0.435. The highest BCUT2D eigenvalue weighted by molar-refractivity contribution is 9.10. The summed E-state index contributed by atoms with van der Waals surface area (Å²) in [6.45, 7) is 1.93. The van der Waals surface area contributed by atoms with Crippen LogP contribution < -0.4 is 16.0 Å². The normalized spacial score (nSPS) is 10.1. The van der Waals surface area contributed by atoms with Crippen LogP contribution in [0.3, 0.4) is 0 Å². The first-order valence-corrected chi connectivity index (χ1v) is 8.96. The zero-order valence-electron chi connectivity index (χ0n) is 14.6. The van der Waals surface area contributed by atoms with E-state index in [0.717, 1.165) is 10.0 Å². The van der Waals surface area contributed by atoms with Gasteiger partial charge in [-0.15, -0.1) is 0 Å². The molecule has 8 nitrogen and oxygen atoms in total. The van der Waals surface area contributed by atoms with Gasteiger partial charge in [-0.25, -0.2) is 0 Å². The summed E-state index contributed by atoms with van der Waals surface area (Å²) in [7, 11) is 0. The van der Waals surface area contributed by atoms with Gasteiger partial charge in [0.1, 0.15) is 5.69 Å². The first-order chi connectivity index (χ1) is 12.9. The molecular weight excluding hydrogens is 416 g/mol. The lowest BCUT2D eigenvalue weighted by Crippen LogP contribution is -2.33. The van der Waals surface area contributed by atoms with Crippen LogP contribution >= 0.6 is 15.9 Å². The van der Waals surface area contributed by atoms with Crippen LogP contribution in [-0.2, 0) is 9.59 Å². The van der Waals surface area contributed by atoms with Crippen molar-refractivity contribution in [2.24, 2.45) is 0 Å². The molecular formula is C18H19BrN4O4. The molecule has 0 spiro atoms. The van der Waals surface area contributed by atoms with Crippen molar-refractivity contribution < 1.29 is 14.5 Å². The molecule has 142 valence electrons. The molecule has 0 aliphatic heterocycles. The molecule has 3 N–H and O–H groups in total. The lowest BCUT2D eigenvalue weighted by molar-refractivity contribution is -0.384. The van der Waals surface area contributed by atoms with Crippen LogP contribution in [0, 0.1) is 17.0 Å². The molecule has 2 aromatic carbocycles. The zero-order valence-corrected chi connectivity index (χ0v) is 16.2. The van der Waals surface area contributed by atoms with E-state index in [2.05, 4.69) is 31.9 Å². The van der Waals surface area contributed by atoms with E-state index < -0.39 is 4.92 Å². The number of para-hydroxylation sites is 2. The third-order valence-electron chi connectivity index (χ3n) is 3.68. The number of amides is 2. The number of hydrogen-bond acceptors (Lipinski definition) is 5. The molecule has 2 amide bonds. The van der Waals surface area contributed by atoms with Crippen LogP contribution in [0.4, 0.5) is 17.1 Å². The van der Waals surface area contributed by atoms with Gasteiger partial charge in [-0.3, -0.25) is 19.7 Å². The molecule has 0 aromatic heterocycles. The minimum Gasteiger partial charge on any atom is -0.379 e. The molecule has 2 rings (SSSR count). The second-order valence-electron chi connectivity index (χ2n) is 5.74. The fourth-order valence-electron chi connectivity index (χ4n) is 2.32. The number of rotatable bonds is 8. The maximum atomic E-state index is 11.9. The van der Waals surface area contributed by atoms with Crippen LogP contribution in [-0.4, -0.2) is 29.8 Å². The standard InChI is InChI=1S/C18H19BrN4O4/c1-12-10-13(19)6-7-14(12)22-18(25)11-21-17(24)8-9-20-15-4-2-3-5-16(15)23(26)27/h2-7,10,20H,8-9,11H2,1H3,(H,21,24)(H,22,25). The Hall–Kier alpha value is -2.94. The molecule has 9 heteroatoms. The Morgan fingerprint density at radius 2 is 1.85 bits per heavy atom. The molecule has 0 bridgehead atoms. The topological polar surface area (TPSA) is 113 Å². The van der Waals surface area contributed by atoms with Crippen molar-refractivity contribution in [3.8, 4) is 0 Å². The molecule has 0 heterocycles. The number of nitrogens with one attached hydrogen (secondary N) is 3. The highest BCUT2D eigenvalue weighted by Crippen LogP contribution is 2.23. The summed E-state index contributed by atoms with van der Waals surface area (Å²) in [6, 6.07) is 11.7. The van der Waals surface area contributed by atoms with E-state index in [1.54, 1.807) is 24.3 Å². The number of hydrogen-bond donors (Lipinski definition) is 3. The Labute approximate surface area is 164 Å². The minimum atomic E-state index is -0.489. The average molecular weight is 435 g/mol. The number of carbonyl (C=O) groups is 2. The molecule has 27 heavy (non-hydrogen) atoms. The largest absolute Gasteiger partial charge is 0.379 e.